The summed E-state index contributed by atoms with van der Waals surface area (Å²) in [6.07, 6.45) is 0.590. The second-order valence-electron chi connectivity index (χ2n) is 2.92. The Morgan fingerprint density at radius 3 is 2.69 bits per heavy atom. The van der Waals surface area contributed by atoms with Crippen molar-refractivity contribution in [2.24, 2.45) is 5.10 Å². The number of hydrogen-bond acceptors (Lipinski definition) is 4. The predicted molar refractivity (Wildman–Crippen MR) is 56.1 cm³/mol. The number of nitrogens with one attached hydrogen (secondary N) is 1. The second-order valence-corrected chi connectivity index (χ2v) is 2.92. The number of para-hydroxylation sites is 1. The van der Waals surface area contributed by atoms with Crippen molar-refractivity contribution in [2.45, 2.75) is 6.42 Å². The summed E-state index contributed by atoms with van der Waals surface area (Å²) in [6.45, 7) is 0. The normalized spacial score (nSPS) is 10.2. The molecule has 0 aliphatic carbocycles. The van der Waals surface area contributed by atoms with E-state index in [0.29, 0.717) is 5.56 Å². The number of nitrogens with zero attached hydrogens (tertiary/aromatic N) is 1. The quantitative estimate of drug-likeness (QED) is 0.388. The molecule has 1 rings (SSSR count). The molecule has 3 N–H and O–H groups in total. The van der Waals surface area contributed by atoms with Crippen LogP contribution in [0.1, 0.15) is 12.0 Å². The van der Waals surface area contributed by atoms with Gasteiger partial charge < -0.3 is 10.2 Å². The average Bonchev–Trinajstić information content (AvgIpc) is 2.19. The molecular formula is C10H10N2O4. The number of aromatic hydroxyl groups is 1. The van der Waals surface area contributed by atoms with E-state index < -0.39 is 18.3 Å². The summed E-state index contributed by atoms with van der Waals surface area (Å²) in [4.78, 5) is 21.0. The van der Waals surface area contributed by atoms with Crippen LogP contribution in [0.3, 0.4) is 0 Å². The monoisotopic (exact) mass is 222 g/mol. The Kier molecular flexibility index (Phi) is 4.02. The molecule has 0 radical (unpaired) electrons. The minimum absolute atomic E-state index is 0.0266. The molecule has 6 nitrogen and oxygen atoms in total. The maximum atomic E-state index is 10.9. The summed E-state index contributed by atoms with van der Waals surface area (Å²) in [6, 6.07) is 6.42. The van der Waals surface area contributed by atoms with Crippen LogP contribution in [-0.2, 0) is 9.59 Å². The van der Waals surface area contributed by atoms with Crippen molar-refractivity contribution in [1.29, 1.82) is 0 Å². The topological polar surface area (TPSA) is 99.0 Å². The molecule has 0 unspecified atom stereocenters. The van der Waals surface area contributed by atoms with Gasteiger partial charge in [-0.3, -0.25) is 9.59 Å². The molecule has 1 amide bonds. The van der Waals surface area contributed by atoms with Crippen molar-refractivity contribution in [3.8, 4) is 5.75 Å². The van der Waals surface area contributed by atoms with E-state index in [-0.39, 0.29) is 5.75 Å². The molecule has 1 aromatic rings. The highest BCUT2D eigenvalue weighted by Gasteiger charge is 2.05. The van der Waals surface area contributed by atoms with Crippen LogP contribution in [0.15, 0.2) is 29.4 Å². The first-order valence-electron chi connectivity index (χ1n) is 4.41. The molecule has 0 bridgehead atoms. The summed E-state index contributed by atoms with van der Waals surface area (Å²) in [5, 5.41) is 21.1. The zero-order chi connectivity index (χ0) is 12.0. The molecule has 16 heavy (non-hydrogen) atoms. The van der Waals surface area contributed by atoms with E-state index in [1.165, 1.54) is 12.3 Å². The molecule has 0 aliphatic heterocycles. The Morgan fingerprint density at radius 1 is 1.38 bits per heavy atom. The van der Waals surface area contributed by atoms with E-state index in [9.17, 15) is 14.7 Å². The van der Waals surface area contributed by atoms with Gasteiger partial charge in [-0.1, -0.05) is 12.1 Å². The highest BCUT2D eigenvalue weighted by molar-refractivity contribution is 5.94. The molecule has 0 aromatic heterocycles. The SMILES string of the molecule is O=C(O)CC(=O)N/N=C/c1ccccc1O. The van der Waals surface area contributed by atoms with Gasteiger partial charge in [0.05, 0.1) is 6.21 Å². The van der Waals surface area contributed by atoms with Crippen LogP contribution in [0.5, 0.6) is 5.75 Å². The van der Waals surface area contributed by atoms with Gasteiger partial charge >= 0.3 is 5.97 Å². The predicted octanol–water partition coefficient (Wildman–Crippen LogP) is 0.317. The van der Waals surface area contributed by atoms with Crippen molar-refractivity contribution in [2.75, 3.05) is 0 Å². The lowest BCUT2D eigenvalue weighted by atomic mass is 10.2. The summed E-state index contributed by atoms with van der Waals surface area (Å²) in [5.74, 6) is -1.92. The van der Waals surface area contributed by atoms with Crippen molar-refractivity contribution in [3.05, 3.63) is 29.8 Å². The third-order valence-electron chi connectivity index (χ3n) is 1.64. The number of amides is 1. The number of carboxylic acid groups (broad SMARTS) is 1. The van der Waals surface area contributed by atoms with E-state index in [1.54, 1.807) is 18.2 Å². The van der Waals surface area contributed by atoms with E-state index in [2.05, 4.69) is 5.10 Å². The van der Waals surface area contributed by atoms with Gasteiger partial charge in [0.15, 0.2) is 0 Å². The Hall–Kier alpha value is -2.37. The molecule has 0 atom stereocenters. The molecule has 0 saturated heterocycles. The van der Waals surface area contributed by atoms with Crippen LogP contribution in [0, 0.1) is 0 Å². The van der Waals surface area contributed by atoms with Crippen LogP contribution < -0.4 is 5.43 Å². The molecule has 0 aliphatic rings. The lowest BCUT2D eigenvalue weighted by Gasteiger charge is -1.97. The maximum Gasteiger partial charge on any atom is 0.312 e. The molecule has 0 heterocycles. The summed E-state index contributed by atoms with van der Waals surface area (Å²) in [5.41, 5.74) is 2.46. The number of carbonyl (C=O) groups excluding carboxylic acids is 1. The zero-order valence-electron chi connectivity index (χ0n) is 8.25. The minimum Gasteiger partial charge on any atom is -0.507 e. The molecule has 0 spiro atoms. The zero-order valence-corrected chi connectivity index (χ0v) is 8.25. The van der Waals surface area contributed by atoms with Gasteiger partial charge in [-0.25, -0.2) is 5.43 Å². The van der Waals surface area contributed by atoms with Gasteiger partial charge in [-0.2, -0.15) is 5.10 Å². The van der Waals surface area contributed by atoms with Gasteiger partial charge in [-0.05, 0) is 12.1 Å². The standard InChI is InChI=1S/C10H10N2O4/c13-8-4-2-1-3-7(8)6-11-12-9(14)5-10(15)16/h1-4,6,13H,5H2,(H,12,14)(H,15,16)/b11-6+. The Bertz CT molecular complexity index is 429. The smallest absolute Gasteiger partial charge is 0.312 e. The van der Waals surface area contributed by atoms with E-state index in [0.717, 1.165) is 0 Å². The average molecular weight is 222 g/mol. The second kappa shape index (κ2) is 5.50. The number of phenols is 1. The van der Waals surface area contributed by atoms with Crippen LogP contribution in [-0.4, -0.2) is 28.3 Å². The van der Waals surface area contributed by atoms with Crippen LogP contribution >= 0.6 is 0 Å². The van der Waals surface area contributed by atoms with Gasteiger partial charge in [0, 0.05) is 5.56 Å². The third-order valence-corrected chi connectivity index (χ3v) is 1.64. The summed E-state index contributed by atoms with van der Waals surface area (Å²) >= 11 is 0. The Morgan fingerprint density at radius 2 is 2.06 bits per heavy atom. The summed E-state index contributed by atoms with van der Waals surface area (Å²) in [7, 11) is 0. The molecule has 84 valence electrons. The Balaban J connectivity index is 2.52. The van der Waals surface area contributed by atoms with Crippen LogP contribution in [0.4, 0.5) is 0 Å². The van der Waals surface area contributed by atoms with Crippen molar-refractivity contribution in [3.63, 3.8) is 0 Å². The van der Waals surface area contributed by atoms with E-state index in [1.807, 2.05) is 5.43 Å². The van der Waals surface area contributed by atoms with Crippen molar-refractivity contribution < 1.29 is 19.8 Å². The number of benzene rings is 1. The summed E-state index contributed by atoms with van der Waals surface area (Å²) < 4.78 is 0. The fraction of sp³-hybridized carbons (Fsp3) is 0.100. The van der Waals surface area contributed by atoms with Gasteiger partial charge in [0.2, 0.25) is 0 Å². The number of phenolic OH excluding ortho intramolecular Hbond substituents is 1. The molecule has 0 saturated carbocycles. The van der Waals surface area contributed by atoms with E-state index in [4.69, 9.17) is 5.11 Å². The molecule has 0 fully saturated rings. The first-order chi connectivity index (χ1) is 7.59. The van der Waals surface area contributed by atoms with Gasteiger partial charge in [0.1, 0.15) is 12.2 Å². The van der Waals surface area contributed by atoms with Crippen molar-refractivity contribution in [1.82, 2.24) is 5.43 Å². The number of hydrogen-bond donors (Lipinski definition) is 3. The first-order valence-corrected chi connectivity index (χ1v) is 4.41. The largest absolute Gasteiger partial charge is 0.507 e. The number of carbonyl (C=O) groups is 2. The molecule has 6 heteroatoms. The number of rotatable bonds is 4. The number of aliphatic carboxylic acids is 1. The van der Waals surface area contributed by atoms with Crippen molar-refractivity contribution >= 4 is 18.1 Å². The molecule has 1 aromatic carbocycles. The number of hydrazone groups is 1. The fourth-order valence-corrected chi connectivity index (χ4v) is 0.947. The van der Waals surface area contributed by atoms with Gasteiger partial charge in [-0.15, -0.1) is 0 Å². The third kappa shape index (κ3) is 3.79. The van der Waals surface area contributed by atoms with E-state index >= 15 is 0 Å². The lowest BCUT2D eigenvalue weighted by molar-refractivity contribution is -0.140. The Labute approximate surface area is 91.2 Å². The van der Waals surface area contributed by atoms with Crippen LogP contribution in [0.2, 0.25) is 0 Å². The lowest BCUT2D eigenvalue weighted by Crippen LogP contribution is -2.20. The molecular weight excluding hydrogens is 212 g/mol. The van der Waals surface area contributed by atoms with Gasteiger partial charge in [0.25, 0.3) is 5.91 Å². The first kappa shape index (κ1) is 11.7. The maximum absolute atomic E-state index is 10.9. The highest BCUT2D eigenvalue weighted by Crippen LogP contribution is 2.12. The minimum atomic E-state index is -1.23. The highest BCUT2D eigenvalue weighted by atomic mass is 16.4. The fourth-order valence-electron chi connectivity index (χ4n) is 0.947. The van der Waals surface area contributed by atoms with Crippen LogP contribution in [0.25, 0.3) is 0 Å². The number of carboxylic acids is 1.